The van der Waals surface area contributed by atoms with Gasteiger partial charge >= 0.3 is 0 Å². The van der Waals surface area contributed by atoms with Gasteiger partial charge in [-0.3, -0.25) is 4.79 Å². The number of benzene rings is 2. The first-order valence-electron chi connectivity index (χ1n) is 8.50. The van der Waals surface area contributed by atoms with Crippen molar-refractivity contribution < 1.29 is 4.79 Å². The van der Waals surface area contributed by atoms with Gasteiger partial charge in [0, 0.05) is 9.92 Å². The van der Waals surface area contributed by atoms with Gasteiger partial charge in [-0.2, -0.15) is 0 Å². The molecule has 0 aliphatic carbocycles. The van der Waals surface area contributed by atoms with Gasteiger partial charge in [-0.1, -0.05) is 56.6 Å². The van der Waals surface area contributed by atoms with E-state index in [1.54, 1.807) is 0 Å². The molecule has 2 atom stereocenters. The number of amides is 1. The van der Waals surface area contributed by atoms with Gasteiger partial charge in [-0.25, -0.2) is 0 Å². The summed E-state index contributed by atoms with van der Waals surface area (Å²) in [6.07, 6.45) is 0. The summed E-state index contributed by atoms with van der Waals surface area (Å²) in [6.45, 7) is 10.5. The van der Waals surface area contributed by atoms with Crippen LogP contribution in [0.4, 0.5) is 0 Å². The van der Waals surface area contributed by atoms with Crippen LogP contribution >= 0.6 is 23.4 Å². The largest absolute Gasteiger partial charge is 0.349 e. The highest BCUT2D eigenvalue weighted by atomic mass is 35.5. The normalized spacial score (nSPS) is 14.0. The first-order chi connectivity index (χ1) is 11.7. The van der Waals surface area contributed by atoms with Crippen molar-refractivity contribution in [1.82, 2.24) is 5.32 Å². The predicted octanol–water partition coefficient (Wildman–Crippen LogP) is 6.00. The van der Waals surface area contributed by atoms with Gasteiger partial charge in [0.1, 0.15) is 0 Å². The molecule has 2 aromatic carbocycles. The van der Waals surface area contributed by atoms with Crippen molar-refractivity contribution >= 4 is 29.3 Å². The summed E-state index contributed by atoms with van der Waals surface area (Å²) < 4.78 is 0. The SMILES string of the molecule is C[C@H](NC(=O)[C@@H](C)Sc1ccc(Cl)cc1)c1ccc(C(C)(C)C)cc1. The third-order valence-corrected chi connectivity index (χ3v) is 5.50. The van der Waals surface area contributed by atoms with Crippen molar-refractivity contribution in [1.29, 1.82) is 0 Å². The van der Waals surface area contributed by atoms with E-state index in [-0.39, 0.29) is 22.6 Å². The van der Waals surface area contributed by atoms with Crippen LogP contribution in [0.5, 0.6) is 0 Å². The van der Waals surface area contributed by atoms with E-state index in [0.29, 0.717) is 5.02 Å². The lowest BCUT2D eigenvalue weighted by atomic mass is 9.86. The van der Waals surface area contributed by atoms with E-state index in [0.717, 1.165) is 10.5 Å². The minimum atomic E-state index is -0.169. The van der Waals surface area contributed by atoms with Crippen LogP contribution in [0.2, 0.25) is 5.02 Å². The Labute approximate surface area is 160 Å². The number of carbonyl (C=O) groups excluding carboxylic acids is 1. The van der Waals surface area contributed by atoms with Crippen molar-refractivity contribution in [2.24, 2.45) is 0 Å². The van der Waals surface area contributed by atoms with Crippen molar-refractivity contribution in [2.75, 3.05) is 0 Å². The topological polar surface area (TPSA) is 29.1 Å². The molecule has 0 aliphatic rings. The smallest absolute Gasteiger partial charge is 0.233 e. The molecule has 0 saturated carbocycles. The summed E-state index contributed by atoms with van der Waals surface area (Å²) in [4.78, 5) is 13.5. The van der Waals surface area contributed by atoms with Gasteiger partial charge in [0.2, 0.25) is 5.91 Å². The van der Waals surface area contributed by atoms with Crippen LogP contribution in [0.1, 0.15) is 51.8 Å². The molecule has 0 unspecified atom stereocenters. The molecule has 4 heteroatoms. The number of hydrogen-bond acceptors (Lipinski definition) is 2. The van der Waals surface area contributed by atoms with Crippen LogP contribution in [-0.2, 0) is 10.2 Å². The first kappa shape index (κ1) is 19.9. The van der Waals surface area contributed by atoms with Crippen molar-refractivity contribution in [3.05, 3.63) is 64.7 Å². The average Bonchev–Trinajstić information content (AvgIpc) is 2.56. The molecule has 0 aliphatic heterocycles. The number of carbonyl (C=O) groups is 1. The number of halogens is 1. The fourth-order valence-electron chi connectivity index (χ4n) is 2.46. The molecule has 25 heavy (non-hydrogen) atoms. The minimum Gasteiger partial charge on any atom is -0.349 e. The van der Waals surface area contributed by atoms with Crippen LogP contribution in [0.3, 0.4) is 0 Å². The molecule has 0 heterocycles. The number of hydrogen-bond donors (Lipinski definition) is 1. The van der Waals surface area contributed by atoms with Crippen LogP contribution in [0.25, 0.3) is 0 Å². The summed E-state index contributed by atoms with van der Waals surface area (Å²) in [5.41, 5.74) is 2.54. The lowest BCUT2D eigenvalue weighted by Crippen LogP contribution is -2.33. The van der Waals surface area contributed by atoms with Crippen LogP contribution in [0, 0.1) is 0 Å². The van der Waals surface area contributed by atoms with E-state index < -0.39 is 0 Å². The predicted molar refractivity (Wildman–Crippen MR) is 108 cm³/mol. The van der Waals surface area contributed by atoms with Crippen LogP contribution in [0.15, 0.2) is 53.4 Å². The molecule has 0 spiro atoms. The lowest BCUT2D eigenvalue weighted by molar-refractivity contribution is -0.120. The zero-order chi connectivity index (χ0) is 18.6. The van der Waals surface area contributed by atoms with Crippen molar-refractivity contribution in [3.63, 3.8) is 0 Å². The van der Waals surface area contributed by atoms with Gasteiger partial charge in [0.25, 0.3) is 0 Å². The Balaban J connectivity index is 1.95. The maximum absolute atomic E-state index is 12.5. The molecule has 0 aromatic heterocycles. The highest BCUT2D eigenvalue weighted by Crippen LogP contribution is 2.26. The zero-order valence-electron chi connectivity index (χ0n) is 15.5. The molecule has 0 saturated heterocycles. The Morgan fingerprint density at radius 2 is 1.56 bits per heavy atom. The van der Waals surface area contributed by atoms with Crippen molar-refractivity contribution in [3.8, 4) is 0 Å². The lowest BCUT2D eigenvalue weighted by Gasteiger charge is -2.21. The molecular weight excluding hydrogens is 350 g/mol. The molecule has 2 aromatic rings. The van der Waals surface area contributed by atoms with Gasteiger partial charge in [0.05, 0.1) is 11.3 Å². The highest BCUT2D eigenvalue weighted by Gasteiger charge is 2.18. The number of nitrogens with one attached hydrogen (secondary N) is 1. The molecule has 2 nitrogen and oxygen atoms in total. The third-order valence-electron chi connectivity index (χ3n) is 4.13. The third kappa shape index (κ3) is 5.79. The van der Waals surface area contributed by atoms with Gasteiger partial charge < -0.3 is 5.32 Å². The Morgan fingerprint density at radius 3 is 2.08 bits per heavy atom. The number of thioether (sulfide) groups is 1. The van der Waals surface area contributed by atoms with Crippen LogP contribution in [-0.4, -0.2) is 11.2 Å². The van der Waals surface area contributed by atoms with E-state index in [1.807, 2.05) is 38.1 Å². The van der Waals surface area contributed by atoms with Gasteiger partial charge in [-0.05, 0) is 54.7 Å². The molecule has 0 bridgehead atoms. The van der Waals surface area contributed by atoms with E-state index in [2.05, 4.69) is 50.4 Å². The summed E-state index contributed by atoms with van der Waals surface area (Å²) >= 11 is 7.43. The van der Waals surface area contributed by atoms with Gasteiger partial charge in [-0.15, -0.1) is 11.8 Å². The van der Waals surface area contributed by atoms with E-state index in [9.17, 15) is 4.79 Å². The highest BCUT2D eigenvalue weighted by molar-refractivity contribution is 8.00. The minimum absolute atomic E-state index is 0.0187. The second-order valence-corrected chi connectivity index (χ2v) is 9.17. The molecule has 134 valence electrons. The Morgan fingerprint density at radius 1 is 1.00 bits per heavy atom. The van der Waals surface area contributed by atoms with E-state index in [4.69, 9.17) is 11.6 Å². The monoisotopic (exact) mass is 375 g/mol. The Kier molecular flexibility index (Phi) is 6.59. The first-order valence-corrected chi connectivity index (χ1v) is 9.75. The molecule has 1 N–H and O–H groups in total. The quantitative estimate of drug-likeness (QED) is 0.649. The molecule has 0 radical (unpaired) electrons. The maximum atomic E-state index is 12.5. The maximum Gasteiger partial charge on any atom is 0.233 e. The van der Waals surface area contributed by atoms with E-state index in [1.165, 1.54) is 17.3 Å². The van der Waals surface area contributed by atoms with Crippen LogP contribution < -0.4 is 5.32 Å². The number of rotatable bonds is 5. The second-order valence-electron chi connectivity index (χ2n) is 7.32. The fourth-order valence-corrected chi connectivity index (χ4v) is 3.46. The summed E-state index contributed by atoms with van der Waals surface area (Å²) in [5, 5.41) is 3.63. The fraction of sp³-hybridized carbons (Fsp3) is 0.381. The van der Waals surface area contributed by atoms with E-state index >= 15 is 0 Å². The summed E-state index contributed by atoms with van der Waals surface area (Å²) in [6, 6.07) is 16.0. The zero-order valence-corrected chi connectivity index (χ0v) is 17.0. The second kappa shape index (κ2) is 8.29. The summed E-state index contributed by atoms with van der Waals surface area (Å²) in [5.74, 6) is 0.0346. The molecule has 1 amide bonds. The molecule has 2 rings (SSSR count). The Bertz CT molecular complexity index is 704. The summed E-state index contributed by atoms with van der Waals surface area (Å²) in [7, 11) is 0. The van der Waals surface area contributed by atoms with Gasteiger partial charge in [0.15, 0.2) is 0 Å². The Hall–Kier alpha value is -1.45. The molecular formula is C21H26ClNOS. The molecule has 0 fully saturated rings. The van der Waals surface area contributed by atoms with Crippen molar-refractivity contribution in [2.45, 2.75) is 56.2 Å². The standard InChI is InChI=1S/C21H26ClNOS/c1-14(16-6-8-17(9-7-16)21(3,4)5)23-20(24)15(2)25-19-12-10-18(22)11-13-19/h6-15H,1-5H3,(H,23,24)/t14-,15+/m0/s1. The average molecular weight is 376 g/mol.